The number of aryl methyl sites for hydroxylation is 1. The number of hydrogen-bond donors (Lipinski definition) is 3. The molecule has 1 heterocycles. The lowest BCUT2D eigenvalue weighted by molar-refractivity contribution is -0.127. The number of halogens is 1. The molecule has 3 N–H and O–H groups in total. The van der Waals surface area contributed by atoms with Crippen LogP contribution in [0.5, 0.6) is 5.75 Å². The minimum Gasteiger partial charge on any atom is -0.491 e. The Kier molecular flexibility index (Phi) is 13.4. The van der Waals surface area contributed by atoms with Gasteiger partial charge in [-0.25, -0.2) is 0 Å². The van der Waals surface area contributed by atoms with E-state index in [4.69, 9.17) is 26.2 Å². The highest BCUT2D eigenvalue weighted by Crippen LogP contribution is 2.43. The van der Waals surface area contributed by atoms with Crippen molar-refractivity contribution < 1.29 is 29.6 Å². The maximum absolute atomic E-state index is 11.4. The third-order valence-corrected chi connectivity index (χ3v) is 8.86. The summed E-state index contributed by atoms with van der Waals surface area (Å²) in [5.41, 5.74) is 4.43. The van der Waals surface area contributed by atoms with Crippen LogP contribution in [-0.4, -0.2) is 72.0 Å². The molecule has 236 valence electrons. The number of amides is 1. The highest BCUT2D eigenvalue weighted by Gasteiger charge is 2.38. The first-order valence-electron chi connectivity index (χ1n) is 15.2. The molecule has 1 aliphatic heterocycles. The molecular formula is C34H47ClN2O6. The van der Waals surface area contributed by atoms with Gasteiger partial charge in [-0.1, -0.05) is 49.2 Å². The molecular weight excluding hydrogens is 568 g/mol. The van der Waals surface area contributed by atoms with Crippen LogP contribution in [0.4, 0.5) is 5.69 Å². The molecule has 0 radical (unpaired) electrons. The van der Waals surface area contributed by atoms with Gasteiger partial charge in [0.1, 0.15) is 5.75 Å². The standard InChI is InChI=1S/C33H45ClN2O4.CH2O2/c1-5-8-25-17-28(34)12-14-29(25)27-20-36(31-18-24(22(2)37)11-15-33(31)40-21-27)19-26-10-13-30(26)32(39)9-6-7-16-35(4)23(3)38;2-1-3/h6,9,11-12,14-15,17-18,22,26-27,30,32,37,39H,5,7-8,10,13,16,19-21H2,1-4H3;1H,(H,2,3)/b9-6+;. The largest absolute Gasteiger partial charge is 0.491 e. The molecule has 9 heteroatoms. The molecule has 8 nitrogen and oxygen atoms in total. The fourth-order valence-corrected chi connectivity index (χ4v) is 6.14. The van der Waals surface area contributed by atoms with Gasteiger partial charge < -0.3 is 29.9 Å². The molecule has 1 fully saturated rings. The van der Waals surface area contributed by atoms with Gasteiger partial charge in [0.05, 0.1) is 24.5 Å². The number of hydrogen-bond acceptors (Lipinski definition) is 6. The molecule has 0 saturated heterocycles. The van der Waals surface area contributed by atoms with E-state index in [0.29, 0.717) is 19.1 Å². The monoisotopic (exact) mass is 614 g/mol. The predicted molar refractivity (Wildman–Crippen MR) is 171 cm³/mol. The number of aliphatic hydroxyl groups excluding tert-OH is 2. The predicted octanol–water partition coefficient (Wildman–Crippen LogP) is 5.84. The highest BCUT2D eigenvalue weighted by molar-refractivity contribution is 6.30. The minimum absolute atomic E-state index is 0.0483. The van der Waals surface area contributed by atoms with Gasteiger partial charge in [0.2, 0.25) is 5.91 Å². The number of aliphatic hydroxyl groups is 2. The van der Waals surface area contributed by atoms with E-state index in [2.05, 4.69) is 30.0 Å². The summed E-state index contributed by atoms with van der Waals surface area (Å²) < 4.78 is 6.41. The second kappa shape index (κ2) is 16.7. The van der Waals surface area contributed by atoms with Crippen molar-refractivity contribution in [2.75, 3.05) is 38.2 Å². The normalized spacial score (nSPS) is 20.9. The molecule has 2 aliphatic rings. The summed E-state index contributed by atoms with van der Waals surface area (Å²) in [5, 5.41) is 29.0. The van der Waals surface area contributed by atoms with E-state index in [0.717, 1.165) is 67.2 Å². The van der Waals surface area contributed by atoms with Crippen molar-refractivity contribution >= 4 is 29.7 Å². The third kappa shape index (κ3) is 9.46. The number of carbonyl (C=O) groups excluding carboxylic acids is 1. The Balaban J connectivity index is 0.00000162. The maximum Gasteiger partial charge on any atom is 0.290 e. The fraction of sp³-hybridized carbons (Fsp3) is 0.529. The molecule has 0 spiro atoms. The van der Waals surface area contributed by atoms with Crippen molar-refractivity contribution in [1.82, 2.24) is 4.90 Å². The van der Waals surface area contributed by atoms with E-state index in [1.807, 2.05) is 30.4 Å². The number of benzene rings is 2. The lowest BCUT2D eigenvalue weighted by Gasteiger charge is -2.42. The van der Waals surface area contributed by atoms with Crippen LogP contribution < -0.4 is 9.64 Å². The summed E-state index contributed by atoms with van der Waals surface area (Å²) in [6.07, 6.45) is 7.64. The van der Waals surface area contributed by atoms with Crippen LogP contribution in [0.1, 0.15) is 75.2 Å². The molecule has 2 aromatic rings. The highest BCUT2D eigenvalue weighted by atomic mass is 35.5. The van der Waals surface area contributed by atoms with Crippen LogP contribution in [0.15, 0.2) is 48.6 Å². The molecule has 4 rings (SSSR count). The SMILES string of the molecule is CCCc1cc(Cl)ccc1C1COc2ccc(C(C)O)cc2N(CC2CCC2C(O)/C=C/CCN(C)C(C)=O)C1.O=CO. The van der Waals surface area contributed by atoms with Gasteiger partial charge in [0, 0.05) is 44.5 Å². The Bertz CT molecular complexity index is 1240. The van der Waals surface area contributed by atoms with Crippen LogP contribution in [0.3, 0.4) is 0 Å². The average Bonchev–Trinajstić information content (AvgIpc) is 3.13. The number of fused-ring (bicyclic) bond motifs is 1. The van der Waals surface area contributed by atoms with Gasteiger partial charge in [-0.15, -0.1) is 0 Å². The van der Waals surface area contributed by atoms with E-state index in [1.54, 1.807) is 25.8 Å². The van der Waals surface area contributed by atoms with Crippen LogP contribution in [0.25, 0.3) is 0 Å². The van der Waals surface area contributed by atoms with Crippen LogP contribution in [0.2, 0.25) is 5.02 Å². The summed E-state index contributed by atoms with van der Waals surface area (Å²) >= 11 is 6.38. The van der Waals surface area contributed by atoms with Gasteiger partial charge >= 0.3 is 0 Å². The molecule has 43 heavy (non-hydrogen) atoms. The Morgan fingerprint density at radius 2 is 1.95 bits per heavy atom. The zero-order valence-corrected chi connectivity index (χ0v) is 26.5. The average molecular weight is 615 g/mol. The molecule has 5 unspecified atom stereocenters. The third-order valence-electron chi connectivity index (χ3n) is 8.62. The zero-order valence-electron chi connectivity index (χ0n) is 25.8. The second-order valence-electron chi connectivity index (χ2n) is 11.7. The van der Waals surface area contributed by atoms with Gasteiger partial charge in [-0.3, -0.25) is 9.59 Å². The number of carboxylic acid groups (broad SMARTS) is 1. The molecule has 2 aromatic carbocycles. The van der Waals surface area contributed by atoms with Crippen LogP contribution in [0, 0.1) is 11.8 Å². The van der Waals surface area contributed by atoms with Crippen LogP contribution >= 0.6 is 11.6 Å². The molecule has 0 aromatic heterocycles. The van der Waals surface area contributed by atoms with E-state index in [9.17, 15) is 15.0 Å². The molecule has 1 saturated carbocycles. The molecule has 1 aliphatic carbocycles. The van der Waals surface area contributed by atoms with Crippen LogP contribution in [-0.2, 0) is 16.0 Å². The number of rotatable bonds is 11. The quantitative estimate of drug-likeness (QED) is 0.215. The number of anilines is 1. The van der Waals surface area contributed by atoms with Gasteiger partial charge in [0.15, 0.2) is 0 Å². The smallest absolute Gasteiger partial charge is 0.290 e. The van der Waals surface area contributed by atoms with E-state index in [1.165, 1.54) is 11.1 Å². The lowest BCUT2D eigenvalue weighted by Crippen LogP contribution is -2.44. The first-order chi connectivity index (χ1) is 20.6. The van der Waals surface area contributed by atoms with Crippen molar-refractivity contribution in [3.8, 4) is 5.75 Å². The van der Waals surface area contributed by atoms with E-state index < -0.39 is 12.2 Å². The number of ether oxygens (including phenoxy) is 1. The Morgan fingerprint density at radius 1 is 1.21 bits per heavy atom. The van der Waals surface area contributed by atoms with Crippen molar-refractivity contribution in [2.24, 2.45) is 11.8 Å². The number of nitrogens with zero attached hydrogens (tertiary/aromatic N) is 2. The molecule has 1 amide bonds. The summed E-state index contributed by atoms with van der Waals surface area (Å²) in [6, 6.07) is 12.2. The van der Waals surface area contributed by atoms with Crippen molar-refractivity contribution in [3.05, 3.63) is 70.3 Å². The van der Waals surface area contributed by atoms with E-state index >= 15 is 0 Å². The van der Waals surface area contributed by atoms with Crippen molar-refractivity contribution in [1.29, 1.82) is 0 Å². The summed E-state index contributed by atoms with van der Waals surface area (Å²) in [6.45, 7) is 8.12. The van der Waals surface area contributed by atoms with Crippen molar-refractivity contribution in [2.45, 2.75) is 71.0 Å². The first-order valence-corrected chi connectivity index (χ1v) is 15.6. The summed E-state index contributed by atoms with van der Waals surface area (Å²) in [7, 11) is 1.79. The van der Waals surface area contributed by atoms with Gasteiger partial charge in [-0.05, 0) is 85.4 Å². The lowest BCUT2D eigenvalue weighted by atomic mass is 9.70. The van der Waals surface area contributed by atoms with E-state index in [-0.39, 0.29) is 24.2 Å². The fourth-order valence-electron chi connectivity index (χ4n) is 5.95. The Morgan fingerprint density at radius 3 is 2.58 bits per heavy atom. The Labute approximate surface area is 260 Å². The summed E-state index contributed by atoms with van der Waals surface area (Å²) in [4.78, 5) is 23.9. The molecule has 5 atom stereocenters. The van der Waals surface area contributed by atoms with Crippen molar-refractivity contribution in [3.63, 3.8) is 0 Å². The minimum atomic E-state index is -0.566. The zero-order chi connectivity index (χ0) is 31.5. The summed E-state index contributed by atoms with van der Waals surface area (Å²) in [5.74, 6) is 1.60. The van der Waals surface area contributed by atoms with Gasteiger partial charge in [0.25, 0.3) is 6.47 Å². The second-order valence-corrected chi connectivity index (χ2v) is 12.1. The maximum atomic E-state index is 11.4. The topological polar surface area (TPSA) is 111 Å². The van der Waals surface area contributed by atoms with Gasteiger partial charge in [-0.2, -0.15) is 0 Å². The Hall–Kier alpha value is -3.07. The number of carbonyl (C=O) groups is 2. The molecule has 0 bridgehead atoms. The first kappa shape index (κ1) is 34.4.